The Balaban J connectivity index is 1.58. The van der Waals surface area contributed by atoms with Crippen LogP contribution in [0.2, 0.25) is 0 Å². The van der Waals surface area contributed by atoms with E-state index in [1.807, 2.05) is 0 Å². The average Bonchev–Trinajstić information content (AvgIpc) is 3.26. The van der Waals surface area contributed by atoms with Gasteiger partial charge in [-0.3, -0.25) is 4.79 Å². The molecule has 1 N–H and O–H groups in total. The topological polar surface area (TPSA) is 35.6 Å². The lowest BCUT2D eigenvalue weighted by molar-refractivity contribution is -0.134. The summed E-state index contributed by atoms with van der Waals surface area (Å²) in [6.07, 6.45) is 5.71. The summed E-state index contributed by atoms with van der Waals surface area (Å²) in [4.78, 5) is 16.8. The van der Waals surface area contributed by atoms with E-state index in [1.54, 1.807) is 0 Å². The van der Waals surface area contributed by atoms with Gasteiger partial charge in [-0.05, 0) is 37.8 Å². The fourth-order valence-electron chi connectivity index (χ4n) is 4.23. The van der Waals surface area contributed by atoms with Crippen molar-refractivity contribution in [1.82, 2.24) is 10.2 Å². The van der Waals surface area contributed by atoms with Gasteiger partial charge in [-0.15, -0.1) is 0 Å². The van der Waals surface area contributed by atoms with E-state index in [1.165, 1.54) is 24.1 Å². The molecule has 1 saturated heterocycles. The Labute approximate surface area is 146 Å². The molecule has 24 heavy (non-hydrogen) atoms. The van der Waals surface area contributed by atoms with Gasteiger partial charge in [0.05, 0.1) is 0 Å². The number of para-hydroxylation sites is 1. The molecule has 2 fully saturated rings. The number of amides is 1. The van der Waals surface area contributed by atoms with Crippen molar-refractivity contribution in [3.63, 3.8) is 0 Å². The third-order valence-corrected chi connectivity index (χ3v) is 5.58. The van der Waals surface area contributed by atoms with Crippen molar-refractivity contribution in [2.75, 3.05) is 32.1 Å². The summed E-state index contributed by atoms with van der Waals surface area (Å²) >= 11 is 0. The SMILES string of the molecule is C[C@H](N[C@H]1CCN(C(=O)C2CCCC2)C1)c1ccccc1N(C)C. The number of carbonyl (C=O) groups is 1. The summed E-state index contributed by atoms with van der Waals surface area (Å²) in [6, 6.07) is 9.24. The number of nitrogens with one attached hydrogen (secondary N) is 1. The van der Waals surface area contributed by atoms with Gasteiger partial charge in [0, 0.05) is 50.9 Å². The average molecular weight is 329 g/mol. The number of nitrogens with zero attached hydrogens (tertiary/aromatic N) is 2. The first-order valence-electron chi connectivity index (χ1n) is 9.37. The molecule has 2 atom stereocenters. The van der Waals surface area contributed by atoms with E-state index >= 15 is 0 Å². The summed E-state index contributed by atoms with van der Waals surface area (Å²) in [5.41, 5.74) is 2.58. The molecule has 1 saturated carbocycles. The molecule has 132 valence electrons. The highest BCUT2D eigenvalue weighted by atomic mass is 16.2. The monoisotopic (exact) mass is 329 g/mol. The van der Waals surface area contributed by atoms with Gasteiger partial charge in [0.15, 0.2) is 0 Å². The van der Waals surface area contributed by atoms with Crippen LogP contribution in [0.1, 0.15) is 50.6 Å². The minimum absolute atomic E-state index is 0.287. The van der Waals surface area contributed by atoms with Gasteiger partial charge in [0.25, 0.3) is 0 Å². The highest BCUT2D eigenvalue weighted by molar-refractivity contribution is 5.79. The zero-order chi connectivity index (χ0) is 17.1. The molecule has 4 heteroatoms. The number of likely N-dealkylation sites (tertiary alicyclic amines) is 1. The fraction of sp³-hybridized carbons (Fsp3) is 0.650. The van der Waals surface area contributed by atoms with Crippen LogP contribution in [-0.4, -0.2) is 44.0 Å². The molecule has 1 aliphatic carbocycles. The summed E-state index contributed by atoms with van der Waals surface area (Å²) in [5, 5.41) is 3.75. The number of carbonyl (C=O) groups excluding carboxylic acids is 1. The second-order valence-corrected chi connectivity index (χ2v) is 7.59. The Morgan fingerprint density at radius 3 is 2.62 bits per heavy atom. The van der Waals surface area contributed by atoms with Crippen LogP contribution in [-0.2, 0) is 4.79 Å². The van der Waals surface area contributed by atoms with Crippen LogP contribution in [0.25, 0.3) is 0 Å². The van der Waals surface area contributed by atoms with Crippen LogP contribution in [0.4, 0.5) is 5.69 Å². The van der Waals surface area contributed by atoms with Crippen LogP contribution in [0.3, 0.4) is 0 Å². The van der Waals surface area contributed by atoms with Crippen LogP contribution >= 0.6 is 0 Å². The number of hydrogen-bond acceptors (Lipinski definition) is 3. The molecule has 0 aromatic heterocycles. The molecule has 3 rings (SSSR count). The smallest absolute Gasteiger partial charge is 0.225 e. The Bertz CT molecular complexity index is 566. The lowest BCUT2D eigenvalue weighted by Gasteiger charge is -2.25. The van der Waals surface area contributed by atoms with E-state index in [0.717, 1.165) is 32.4 Å². The van der Waals surface area contributed by atoms with E-state index in [0.29, 0.717) is 17.9 Å². The minimum atomic E-state index is 0.287. The van der Waals surface area contributed by atoms with Gasteiger partial charge >= 0.3 is 0 Å². The molecule has 1 amide bonds. The summed E-state index contributed by atoms with van der Waals surface area (Å²) in [5.74, 6) is 0.703. The first kappa shape index (κ1) is 17.3. The van der Waals surface area contributed by atoms with E-state index in [2.05, 4.69) is 60.4 Å². The standard InChI is InChI=1S/C20H31N3O/c1-15(18-10-6-7-11-19(18)22(2)3)21-17-12-13-23(14-17)20(24)16-8-4-5-9-16/h6-7,10-11,15-17,21H,4-5,8-9,12-14H2,1-3H3/t15-,17-/m0/s1. The van der Waals surface area contributed by atoms with Gasteiger partial charge in [0.1, 0.15) is 0 Å². The summed E-state index contributed by atoms with van der Waals surface area (Å²) < 4.78 is 0. The highest BCUT2D eigenvalue weighted by Gasteiger charge is 2.32. The third-order valence-electron chi connectivity index (χ3n) is 5.58. The van der Waals surface area contributed by atoms with Crippen molar-refractivity contribution in [1.29, 1.82) is 0 Å². The Morgan fingerprint density at radius 1 is 1.21 bits per heavy atom. The fourth-order valence-corrected chi connectivity index (χ4v) is 4.23. The summed E-state index contributed by atoms with van der Waals surface area (Å²) in [6.45, 7) is 4.00. The Hall–Kier alpha value is -1.55. The van der Waals surface area contributed by atoms with Gasteiger partial charge in [-0.1, -0.05) is 31.0 Å². The summed E-state index contributed by atoms with van der Waals surface area (Å²) in [7, 11) is 4.17. The van der Waals surface area contributed by atoms with E-state index in [4.69, 9.17) is 0 Å². The van der Waals surface area contributed by atoms with Crippen molar-refractivity contribution in [3.8, 4) is 0 Å². The van der Waals surface area contributed by atoms with Gasteiger partial charge in [-0.25, -0.2) is 0 Å². The van der Waals surface area contributed by atoms with Gasteiger partial charge in [0.2, 0.25) is 5.91 Å². The van der Waals surface area contributed by atoms with Crippen LogP contribution in [0.5, 0.6) is 0 Å². The second-order valence-electron chi connectivity index (χ2n) is 7.59. The molecular formula is C20H31N3O. The highest BCUT2D eigenvalue weighted by Crippen LogP contribution is 2.29. The molecule has 1 aliphatic heterocycles. The number of benzene rings is 1. The first-order chi connectivity index (χ1) is 11.6. The van der Waals surface area contributed by atoms with E-state index in [-0.39, 0.29) is 6.04 Å². The molecular weight excluding hydrogens is 298 g/mol. The molecule has 2 aliphatic rings. The van der Waals surface area contributed by atoms with Gasteiger partial charge in [-0.2, -0.15) is 0 Å². The van der Waals surface area contributed by atoms with Crippen molar-refractivity contribution in [2.45, 2.75) is 51.1 Å². The molecule has 4 nitrogen and oxygen atoms in total. The van der Waals surface area contributed by atoms with E-state index < -0.39 is 0 Å². The molecule has 1 aromatic rings. The predicted molar refractivity (Wildman–Crippen MR) is 99.3 cm³/mol. The van der Waals surface area contributed by atoms with Crippen molar-refractivity contribution in [3.05, 3.63) is 29.8 Å². The number of hydrogen-bond donors (Lipinski definition) is 1. The molecule has 0 radical (unpaired) electrons. The zero-order valence-corrected chi connectivity index (χ0v) is 15.3. The van der Waals surface area contributed by atoms with E-state index in [9.17, 15) is 4.79 Å². The molecule has 1 aromatic carbocycles. The quantitative estimate of drug-likeness (QED) is 0.901. The second kappa shape index (κ2) is 7.56. The predicted octanol–water partition coefficient (Wildman–Crippen LogP) is 3.19. The van der Waals surface area contributed by atoms with Crippen molar-refractivity contribution < 1.29 is 4.79 Å². The molecule has 0 bridgehead atoms. The minimum Gasteiger partial charge on any atom is -0.377 e. The number of anilines is 1. The Kier molecular flexibility index (Phi) is 5.44. The van der Waals surface area contributed by atoms with Gasteiger partial charge < -0.3 is 15.1 Å². The third kappa shape index (κ3) is 3.75. The maximum atomic E-state index is 12.6. The normalized spacial score (nSPS) is 22.8. The van der Waals surface area contributed by atoms with Crippen LogP contribution in [0, 0.1) is 5.92 Å². The first-order valence-corrected chi connectivity index (χ1v) is 9.37. The maximum Gasteiger partial charge on any atom is 0.225 e. The zero-order valence-electron chi connectivity index (χ0n) is 15.3. The number of rotatable bonds is 5. The molecule has 1 heterocycles. The largest absolute Gasteiger partial charge is 0.377 e. The van der Waals surface area contributed by atoms with Crippen molar-refractivity contribution in [2.24, 2.45) is 5.92 Å². The van der Waals surface area contributed by atoms with Crippen LogP contribution in [0.15, 0.2) is 24.3 Å². The molecule has 0 spiro atoms. The maximum absolute atomic E-state index is 12.6. The van der Waals surface area contributed by atoms with Crippen molar-refractivity contribution >= 4 is 11.6 Å². The molecule has 0 unspecified atom stereocenters. The lowest BCUT2D eigenvalue weighted by atomic mass is 10.0. The van der Waals surface area contributed by atoms with Crippen LogP contribution < -0.4 is 10.2 Å². The Morgan fingerprint density at radius 2 is 1.92 bits per heavy atom. The lowest BCUT2D eigenvalue weighted by Crippen LogP contribution is -2.38.